The van der Waals surface area contributed by atoms with E-state index < -0.39 is 0 Å². The quantitative estimate of drug-likeness (QED) is 0.640. The second kappa shape index (κ2) is 4.88. The second-order valence-electron chi connectivity index (χ2n) is 5.59. The van der Waals surface area contributed by atoms with Crippen molar-refractivity contribution in [2.45, 2.75) is 27.2 Å². The van der Waals surface area contributed by atoms with Gasteiger partial charge in [-0.3, -0.25) is 0 Å². The van der Waals surface area contributed by atoms with Gasteiger partial charge in [0.15, 0.2) is 0 Å². The molecular formula is C13H19BrN4. The molecule has 0 bridgehead atoms. The standard InChI is InChI=1S/C13H19BrN4/c1-13(2,3)9-4-6-18(7-5-9)12-16-10(14)8-11(15)17-12/h4,8H,5-7H2,1-3H3,(H2,15,16,17). The monoisotopic (exact) mass is 310 g/mol. The van der Waals surface area contributed by atoms with E-state index in [0.29, 0.717) is 11.8 Å². The number of hydrogen-bond donors (Lipinski definition) is 1. The summed E-state index contributed by atoms with van der Waals surface area (Å²) in [5, 5.41) is 0. The van der Waals surface area contributed by atoms with Crippen LogP contribution in [0.5, 0.6) is 0 Å². The maximum absolute atomic E-state index is 5.74. The van der Waals surface area contributed by atoms with Gasteiger partial charge in [0.1, 0.15) is 10.4 Å². The lowest BCUT2D eigenvalue weighted by Gasteiger charge is -2.32. The van der Waals surface area contributed by atoms with Crippen LogP contribution < -0.4 is 10.6 Å². The Morgan fingerprint density at radius 3 is 2.56 bits per heavy atom. The van der Waals surface area contributed by atoms with E-state index in [9.17, 15) is 0 Å². The van der Waals surface area contributed by atoms with Crippen molar-refractivity contribution in [3.8, 4) is 0 Å². The van der Waals surface area contributed by atoms with Gasteiger partial charge in [0, 0.05) is 19.2 Å². The van der Waals surface area contributed by atoms with Crippen LogP contribution in [0.15, 0.2) is 22.3 Å². The van der Waals surface area contributed by atoms with Gasteiger partial charge >= 0.3 is 0 Å². The fraction of sp³-hybridized carbons (Fsp3) is 0.538. The third kappa shape index (κ3) is 3.02. The van der Waals surface area contributed by atoms with Gasteiger partial charge in [0.05, 0.1) is 0 Å². The topological polar surface area (TPSA) is 55.0 Å². The highest BCUT2D eigenvalue weighted by Crippen LogP contribution is 2.31. The van der Waals surface area contributed by atoms with E-state index in [1.807, 2.05) is 0 Å². The molecule has 0 saturated carbocycles. The van der Waals surface area contributed by atoms with Gasteiger partial charge < -0.3 is 10.6 Å². The van der Waals surface area contributed by atoms with Gasteiger partial charge in [-0.25, -0.2) is 4.98 Å². The lowest BCUT2D eigenvalue weighted by atomic mass is 9.83. The molecule has 0 amide bonds. The highest BCUT2D eigenvalue weighted by molar-refractivity contribution is 9.10. The van der Waals surface area contributed by atoms with Crippen molar-refractivity contribution < 1.29 is 0 Å². The number of hydrogen-bond acceptors (Lipinski definition) is 4. The van der Waals surface area contributed by atoms with Crippen molar-refractivity contribution >= 4 is 27.7 Å². The van der Waals surface area contributed by atoms with E-state index in [4.69, 9.17) is 5.73 Å². The zero-order valence-corrected chi connectivity index (χ0v) is 12.7. The molecule has 0 radical (unpaired) electrons. The van der Waals surface area contributed by atoms with E-state index >= 15 is 0 Å². The highest BCUT2D eigenvalue weighted by atomic mass is 79.9. The largest absolute Gasteiger partial charge is 0.383 e. The summed E-state index contributed by atoms with van der Waals surface area (Å²) in [6, 6.07) is 1.71. The number of nitrogens with zero attached hydrogens (tertiary/aromatic N) is 3. The Bertz CT molecular complexity index is 456. The molecule has 0 saturated heterocycles. The molecule has 98 valence electrons. The summed E-state index contributed by atoms with van der Waals surface area (Å²) in [7, 11) is 0. The van der Waals surface area contributed by atoms with Crippen LogP contribution in [0.1, 0.15) is 27.2 Å². The summed E-state index contributed by atoms with van der Waals surface area (Å²) >= 11 is 3.35. The summed E-state index contributed by atoms with van der Waals surface area (Å²) in [5.74, 6) is 1.20. The summed E-state index contributed by atoms with van der Waals surface area (Å²) in [4.78, 5) is 10.8. The SMILES string of the molecule is CC(C)(C)C1=CCN(c2nc(N)cc(Br)n2)CC1. The fourth-order valence-corrected chi connectivity index (χ4v) is 2.49. The Morgan fingerprint density at radius 1 is 1.33 bits per heavy atom. The van der Waals surface area contributed by atoms with E-state index in [0.717, 1.165) is 24.1 Å². The van der Waals surface area contributed by atoms with E-state index in [1.54, 1.807) is 6.07 Å². The molecule has 1 aromatic heterocycles. The second-order valence-corrected chi connectivity index (χ2v) is 6.40. The van der Waals surface area contributed by atoms with Gasteiger partial charge in [0.2, 0.25) is 5.95 Å². The number of nitrogen functional groups attached to an aromatic ring is 1. The summed E-state index contributed by atoms with van der Waals surface area (Å²) in [6.07, 6.45) is 3.34. The highest BCUT2D eigenvalue weighted by Gasteiger charge is 2.22. The summed E-state index contributed by atoms with van der Waals surface area (Å²) < 4.78 is 0.732. The van der Waals surface area contributed by atoms with Crippen LogP contribution in [-0.4, -0.2) is 23.1 Å². The molecule has 0 unspecified atom stereocenters. The Labute approximate surface area is 116 Å². The normalized spacial score (nSPS) is 16.7. The Balaban J connectivity index is 2.17. The summed E-state index contributed by atoms with van der Waals surface area (Å²) in [5.41, 5.74) is 7.49. The predicted molar refractivity (Wildman–Crippen MR) is 78.5 cm³/mol. The van der Waals surface area contributed by atoms with Crippen LogP contribution in [0.25, 0.3) is 0 Å². The predicted octanol–water partition coefficient (Wildman–Crippen LogP) is 3.00. The number of rotatable bonds is 1. The molecule has 0 fully saturated rings. The molecule has 2 heterocycles. The first-order chi connectivity index (χ1) is 8.36. The smallest absolute Gasteiger partial charge is 0.228 e. The minimum atomic E-state index is 0.253. The van der Waals surface area contributed by atoms with E-state index in [1.165, 1.54) is 5.57 Å². The Morgan fingerprint density at radius 2 is 2.06 bits per heavy atom. The maximum Gasteiger partial charge on any atom is 0.228 e. The van der Waals surface area contributed by atoms with Crippen molar-refractivity contribution in [1.82, 2.24) is 9.97 Å². The molecule has 1 aliphatic heterocycles. The van der Waals surface area contributed by atoms with Crippen molar-refractivity contribution in [3.05, 3.63) is 22.3 Å². The fourth-order valence-electron chi connectivity index (χ4n) is 2.10. The van der Waals surface area contributed by atoms with E-state index in [-0.39, 0.29) is 5.41 Å². The van der Waals surface area contributed by atoms with Crippen LogP contribution in [0.4, 0.5) is 11.8 Å². The first-order valence-corrected chi connectivity index (χ1v) is 6.90. The van der Waals surface area contributed by atoms with Crippen LogP contribution in [-0.2, 0) is 0 Å². The van der Waals surface area contributed by atoms with Gasteiger partial charge in [-0.1, -0.05) is 32.4 Å². The average Bonchev–Trinajstić information content (AvgIpc) is 2.27. The molecule has 18 heavy (non-hydrogen) atoms. The molecular weight excluding hydrogens is 292 g/mol. The Kier molecular flexibility index (Phi) is 3.61. The van der Waals surface area contributed by atoms with Gasteiger partial charge in [0.25, 0.3) is 0 Å². The van der Waals surface area contributed by atoms with Crippen molar-refractivity contribution in [2.24, 2.45) is 5.41 Å². The number of halogens is 1. The van der Waals surface area contributed by atoms with Crippen LogP contribution in [0.3, 0.4) is 0 Å². The number of anilines is 2. The molecule has 2 rings (SSSR count). The number of aromatic nitrogens is 2. The zero-order chi connectivity index (χ0) is 13.3. The maximum atomic E-state index is 5.74. The Hall–Kier alpha value is -1.10. The first kappa shape index (κ1) is 13.3. The third-order valence-corrected chi connectivity index (χ3v) is 3.56. The van der Waals surface area contributed by atoms with Gasteiger partial charge in [-0.15, -0.1) is 0 Å². The molecule has 1 aliphatic rings. The molecule has 5 heteroatoms. The van der Waals surface area contributed by atoms with Crippen molar-refractivity contribution in [1.29, 1.82) is 0 Å². The molecule has 0 aromatic carbocycles. The minimum absolute atomic E-state index is 0.253. The van der Waals surface area contributed by atoms with Crippen LogP contribution in [0.2, 0.25) is 0 Å². The average molecular weight is 311 g/mol. The number of nitrogens with two attached hydrogens (primary N) is 1. The molecule has 1 aromatic rings. The minimum Gasteiger partial charge on any atom is -0.383 e. The molecule has 4 nitrogen and oxygen atoms in total. The zero-order valence-electron chi connectivity index (χ0n) is 11.1. The van der Waals surface area contributed by atoms with Crippen LogP contribution >= 0.6 is 15.9 Å². The third-order valence-electron chi connectivity index (χ3n) is 3.16. The lowest BCUT2D eigenvalue weighted by Crippen LogP contribution is -2.32. The molecule has 2 N–H and O–H groups in total. The van der Waals surface area contributed by atoms with Crippen molar-refractivity contribution in [3.63, 3.8) is 0 Å². The van der Waals surface area contributed by atoms with Crippen LogP contribution in [0, 0.1) is 5.41 Å². The first-order valence-electron chi connectivity index (χ1n) is 6.11. The molecule has 0 spiro atoms. The van der Waals surface area contributed by atoms with Gasteiger partial charge in [-0.2, -0.15) is 4.98 Å². The molecule has 0 aliphatic carbocycles. The lowest BCUT2D eigenvalue weighted by molar-refractivity contribution is 0.471. The van der Waals surface area contributed by atoms with E-state index in [2.05, 4.69) is 57.6 Å². The van der Waals surface area contributed by atoms with Crippen molar-refractivity contribution in [2.75, 3.05) is 23.7 Å². The molecule has 0 atom stereocenters. The van der Waals surface area contributed by atoms with Gasteiger partial charge in [-0.05, 0) is 27.8 Å². The summed E-state index contributed by atoms with van der Waals surface area (Å²) in [6.45, 7) is 8.55.